The lowest BCUT2D eigenvalue weighted by Gasteiger charge is -2.35. The fourth-order valence-electron chi connectivity index (χ4n) is 4.87. The molecule has 32 heavy (non-hydrogen) atoms. The Morgan fingerprint density at radius 3 is 2.72 bits per heavy atom. The van der Waals surface area contributed by atoms with Crippen LogP contribution in [-0.2, 0) is 26.1 Å². The Morgan fingerprint density at radius 2 is 1.84 bits per heavy atom. The zero-order chi connectivity index (χ0) is 21.8. The molecule has 2 aromatic heterocycles. The van der Waals surface area contributed by atoms with Crippen molar-refractivity contribution in [3.8, 4) is 6.07 Å². The molecule has 0 spiro atoms. The molecule has 5 rings (SSSR count). The van der Waals surface area contributed by atoms with Gasteiger partial charge in [-0.25, -0.2) is 4.98 Å². The van der Waals surface area contributed by atoms with Crippen molar-refractivity contribution < 1.29 is 0 Å². The molecule has 1 aliphatic carbocycles. The number of para-hydroxylation sites is 2. The van der Waals surface area contributed by atoms with Crippen molar-refractivity contribution in [3.05, 3.63) is 95.6 Å². The number of imidazole rings is 1. The number of benzene rings is 2. The molecule has 5 heteroatoms. The molecule has 0 saturated heterocycles. The molecule has 2 heterocycles. The molecule has 1 unspecified atom stereocenters. The summed E-state index contributed by atoms with van der Waals surface area (Å²) in [6, 6.07) is 25.7. The molecule has 2 aromatic carbocycles. The van der Waals surface area contributed by atoms with Crippen LogP contribution < -0.4 is 0 Å². The van der Waals surface area contributed by atoms with E-state index in [2.05, 4.69) is 64.1 Å². The van der Waals surface area contributed by atoms with E-state index < -0.39 is 0 Å². The molecule has 0 bridgehead atoms. The number of nitrogens with zero attached hydrogens (tertiary/aromatic N) is 5. The summed E-state index contributed by atoms with van der Waals surface area (Å²) in [5.41, 5.74) is 5.94. The van der Waals surface area contributed by atoms with E-state index in [0.29, 0.717) is 13.0 Å². The summed E-state index contributed by atoms with van der Waals surface area (Å²) in [6.07, 6.45) is 5.74. The van der Waals surface area contributed by atoms with Gasteiger partial charge in [0.1, 0.15) is 5.82 Å². The van der Waals surface area contributed by atoms with Gasteiger partial charge in [-0.05, 0) is 48.6 Å². The molecule has 0 fully saturated rings. The zero-order valence-corrected chi connectivity index (χ0v) is 18.2. The van der Waals surface area contributed by atoms with Crippen LogP contribution in [0.15, 0.2) is 72.9 Å². The second-order valence-corrected chi connectivity index (χ2v) is 8.42. The van der Waals surface area contributed by atoms with Crippen LogP contribution in [0.5, 0.6) is 0 Å². The standard InChI is InChI=1S/C27H27N5/c28-16-8-18-32-24-14-5-4-13-23(24)30-26(32)20-31(19-21-9-2-1-3-10-21)25-15-6-11-22-12-7-17-29-27(22)25/h1-5,7,9-10,12-14,17,25H,6,8,11,15,18-20H2. The van der Waals surface area contributed by atoms with Crippen molar-refractivity contribution in [2.45, 2.75) is 51.4 Å². The summed E-state index contributed by atoms with van der Waals surface area (Å²) in [5, 5.41) is 9.22. The third-order valence-electron chi connectivity index (χ3n) is 6.36. The van der Waals surface area contributed by atoms with Crippen LogP contribution in [-0.4, -0.2) is 19.4 Å². The highest BCUT2D eigenvalue weighted by molar-refractivity contribution is 5.75. The first-order valence-corrected chi connectivity index (χ1v) is 11.4. The highest BCUT2D eigenvalue weighted by Gasteiger charge is 2.28. The van der Waals surface area contributed by atoms with Crippen molar-refractivity contribution in [1.82, 2.24) is 19.4 Å². The lowest BCUT2D eigenvalue weighted by molar-refractivity contribution is 0.151. The van der Waals surface area contributed by atoms with E-state index >= 15 is 0 Å². The third kappa shape index (κ3) is 4.15. The van der Waals surface area contributed by atoms with Crippen molar-refractivity contribution in [2.24, 2.45) is 0 Å². The minimum Gasteiger partial charge on any atom is -0.326 e. The van der Waals surface area contributed by atoms with Crippen molar-refractivity contribution in [1.29, 1.82) is 5.26 Å². The van der Waals surface area contributed by atoms with Crippen molar-refractivity contribution in [3.63, 3.8) is 0 Å². The largest absolute Gasteiger partial charge is 0.326 e. The topological polar surface area (TPSA) is 57.7 Å². The Labute approximate surface area is 189 Å². The van der Waals surface area contributed by atoms with Gasteiger partial charge < -0.3 is 4.57 Å². The first-order chi connectivity index (χ1) is 15.8. The molecule has 0 N–H and O–H groups in total. The maximum absolute atomic E-state index is 9.22. The normalized spacial score (nSPS) is 15.6. The van der Waals surface area contributed by atoms with E-state index in [9.17, 15) is 5.26 Å². The van der Waals surface area contributed by atoms with Crippen LogP contribution >= 0.6 is 0 Å². The molecule has 1 atom stereocenters. The maximum atomic E-state index is 9.22. The first-order valence-electron chi connectivity index (χ1n) is 11.4. The van der Waals surface area contributed by atoms with Crippen LogP contribution in [0.25, 0.3) is 11.0 Å². The van der Waals surface area contributed by atoms with Gasteiger partial charge in [0.05, 0.1) is 41.8 Å². The van der Waals surface area contributed by atoms with Gasteiger partial charge in [0.15, 0.2) is 0 Å². The molecule has 160 valence electrons. The summed E-state index contributed by atoms with van der Waals surface area (Å²) in [6.45, 7) is 2.21. The summed E-state index contributed by atoms with van der Waals surface area (Å²) in [7, 11) is 0. The minimum atomic E-state index is 0.254. The minimum absolute atomic E-state index is 0.254. The SMILES string of the molecule is N#CCCn1c(CN(Cc2ccccc2)C2CCCc3cccnc32)nc2ccccc21. The van der Waals surface area contributed by atoms with Gasteiger partial charge in [0.2, 0.25) is 0 Å². The number of hydrogen-bond acceptors (Lipinski definition) is 4. The molecule has 0 radical (unpaired) electrons. The number of hydrogen-bond donors (Lipinski definition) is 0. The highest BCUT2D eigenvalue weighted by atomic mass is 15.2. The quantitative estimate of drug-likeness (QED) is 0.399. The predicted octanol–water partition coefficient (Wildman–Crippen LogP) is 5.42. The second kappa shape index (κ2) is 9.33. The summed E-state index contributed by atoms with van der Waals surface area (Å²) >= 11 is 0. The van der Waals surface area contributed by atoms with Crippen molar-refractivity contribution in [2.75, 3.05) is 0 Å². The Kier molecular flexibility index (Phi) is 5.96. The Hall–Kier alpha value is -3.49. The van der Waals surface area contributed by atoms with Gasteiger partial charge in [-0.2, -0.15) is 5.26 Å². The molecular formula is C27H27N5. The Morgan fingerprint density at radius 1 is 1.00 bits per heavy atom. The number of rotatable bonds is 7. The van der Waals surface area contributed by atoms with E-state index in [-0.39, 0.29) is 6.04 Å². The van der Waals surface area contributed by atoms with Gasteiger partial charge in [0.25, 0.3) is 0 Å². The number of aromatic nitrogens is 3. The summed E-state index contributed by atoms with van der Waals surface area (Å²) < 4.78 is 2.22. The van der Waals surface area contributed by atoms with E-state index in [1.165, 1.54) is 23.2 Å². The molecule has 1 aliphatic rings. The number of fused-ring (bicyclic) bond motifs is 2. The van der Waals surface area contributed by atoms with Gasteiger partial charge in [-0.3, -0.25) is 9.88 Å². The average Bonchev–Trinajstić information content (AvgIpc) is 3.19. The number of nitriles is 1. The number of aryl methyl sites for hydroxylation is 2. The van der Waals surface area contributed by atoms with Crippen LogP contribution in [0.3, 0.4) is 0 Å². The molecule has 4 aromatic rings. The number of pyridine rings is 1. The van der Waals surface area contributed by atoms with Gasteiger partial charge in [0, 0.05) is 19.3 Å². The van der Waals surface area contributed by atoms with E-state index in [0.717, 1.165) is 42.8 Å². The summed E-state index contributed by atoms with van der Waals surface area (Å²) in [4.78, 5) is 12.3. The predicted molar refractivity (Wildman–Crippen MR) is 126 cm³/mol. The molecule has 0 saturated carbocycles. The van der Waals surface area contributed by atoms with Crippen LogP contribution in [0.4, 0.5) is 0 Å². The zero-order valence-electron chi connectivity index (χ0n) is 18.2. The lowest BCUT2D eigenvalue weighted by Crippen LogP contribution is -2.32. The first kappa shape index (κ1) is 20.4. The van der Waals surface area contributed by atoms with E-state index in [4.69, 9.17) is 9.97 Å². The van der Waals surface area contributed by atoms with Crippen LogP contribution in [0, 0.1) is 11.3 Å². The molecular weight excluding hydrogens is 394 g/mol. The smallest absolute Gasteiger partial charge is 0.124 e. The molecule has 0 amide bonds. The van der Waals surface area contributed by atoms with Crippen LogP contribution in [0.1, 0.15) is 47.9 Å². The Balaban J connectivity index is 1.54. The van der Waals surface area contributed by atoms with E-state index in [1.807, 2.05) is 24.4 Å². The lowest BCUT2D eigenvalue weighted by atomic mass is 9.90. The van der Waals surface area contributed by atoms with Gasteiger partial charge in [-0.1, -0.05) is 48.5 Å². The maximum Gasteiger partial charge on any atom is 0.124 e. The second-order valence-electron chi connectivity index (χ2n) is 8.42. The average molecular weight is 422 g/mol. The fourth-order valence-corrected chi connectivity index (χ4v) is 4.87. The molecule has 5 nitrogen and oxygen atoms in total. The summed E-state index contributed by atoms with van der Waals surface area (Å²) in [5.74, 6) is 1.01. The monoisotopic (exact) mass is 421 g/mol. The fraction of sp³-hybridized carbons (Fsp3) is 0.296. The molecule has 0 aliphatic heterocycles. The van der Waals surface area contributed by atoms with E-state index in [1.54, 1.807) is 0 Å². The van der Waals surface area contributed by atoms with Crippen LogP contribution in [0.2, 0.25) is 0 Å². The van der Waals surface area contributed by atoms with Gasteiger partial charge >= 0.3 is 0 Å². The van der Waals surface area contributed by atoms with Gasteiger partial charge in [-0.15, -0.1) is 0 Å². The van der Waals surface area contributed by atoms with Crippen molar-refractivity contribution >= 4 is 11.0 Å². The highest BCUT2D eigenvalue weighted by Crippen LogP contribution is 2.35. The Bertz CT molecular complexity index is 1240. The third-order valence-corrected chi connectivity index (χ3v) is 6.36.